The molecule has 1 heterocycles. The minimum Gasteiger partial charge on any atom is -0.466 e. The molecule has 0 bridgehead atoms. The van der Waals surface area contributed by atoms with Crippen molar-refractivity contribution in [3.63, 3.8) is 0 Å². The molecule has 1 unspecified atom stereocenters. The Morgan fingerprint density at radius 1 is 1.42 bits per heavy atom. The average molecular weight is 280 g/mol. The van der Waals surface area contributed by atoms with Crippen LogP contribution < -0.4 is 0 Å². The zero-order valence-corrected chi connectivity index (χ0v) is 9.90. The number of alkyl halides is 3. The van der Waals surface area contributed by atoms with E-state index in [1.54, 1.807) is 0 Å². The van der Waals surface area contributed by atoms with E-state index in [1.165, 1.54) is 13.0 Å². The number of hydrogen-bond acceptors (Lipinski definition) is 5. The summed E-state index contributed by atoms with van der Waals surface area (Å²) in [6.07, 6.45) is -7.41. The predicted octanol–water partition coefficient (Wildman–Crippen LogP) is 2.32. The molecule has 0 aliphatic rings. The van der Waals surface area contributed by atoms with Crippen LogP contribution in [0.4, 0.5) is 13.2 Å². The van der Waals surface area contributed by atoms with Crippen LogP contribution in [0.25, 0.3) is 0 Å². The van der Waals surface area contributed by atoms with Crippen molar-refractivity contribution in [2.75, 3.05) is 6.61 Å². The third kappa shape index (κ3) is 4.65. The summed E-state index contributed by atoms with van der Waals surface area (Å²) >= 11 is 0. The zero-order chi connectivity index (χ0) is 14.5. The highest BCUT2D eigenvalue weighted by atomic mass is 19.4. The largest absolute Gasteiger partial charge is 0.466 e. The molecule has 0 radical (unpaired) electrons. The van der Waals surface area contributed by atoms with Crippen molar-refractivity contribution in [2.45, 2.75) is 25.6 Å². The molecule has 0 fully saturated rings. The molecule has 1 aromatic heterocycles. The second kappa shape index (κ2) is 6.26. The summed E-state index contributed by atoms with van der Waals surface area (Å²) < 4.78 is 51.0. The van der Waals surface area contributed by atoms with Gasteiger partial charge in [0.25, 0.3) is 0 Å². The summed E-state index contributed by atoms with van der Waals surface area (Å²) in [6, 6.07) is 2.48. The molecule has 0 spiro atoms. The van der Waals surface area contributed by atoms with Gasteiger partial charge >= 0.3 is 18.1 Å². The van der Waals surface area contributed by atoms with Crippen LogP contribution in [-0.2, 0) is 14.3 Å². The van der Waals surface area contributed by atoms with Crippen molar-refractivity contribution < 1.29 is 36.7 Å². The molecule has 0 aliphatic heterocycles. The molecular weight excluding hydrogens is 269 g/mol. The van der Waals surface area contributed by atoms with Crippen LogP contribution in [-0.4, -0.2) is 30.8 Å². The summed E-state index contributed by atoms with van der Waals surface area (Å²) in [5.41, 5.74) is 0. The van der Waals surface area contributed by atoms with Crippen molar-refractivity contribution in [2.24, 2.45) is 0 Å². The molecule has 5 nitrogen and oxygen atoms in total. The van der Waals surface area contributed by atoms with Gasteiger partial charge in [-0.3, -0.25) is 4.79 Å². The van der Waals surface area contributed by atoms with Crippen LogP contribution in [0.2, 0.25) is 0 Å². The van der Waals surface area contributed by atoms with Gasteiger partial charge in [0.15, 0.2) is 0 Å². The Morgan fingerprint density at radius 3 is 2.58 bits per heavy atom. The molecule has 8 heteroatoms. The van der Waals surface area contributed by atoms with Crippen molar-refractivity contribution in [1.29, 1.82) is 0 Å². The fraction of sp³-hybridized carbons (Fsp3) is 0.455. The number of halogens is 3. The van der Waals surface area contributed by atoms with Gasteiger partial charge in [-0.15, -0.1) is 0 Å². The van der Waals surface area contributed by atoms with Gasteiger partial charge < -0.3 is 13.9 Å². The Morgan fingerprint density at radius 2 is 2.11 bits per heavy atom. The second-order valence-electron chi connectivity index (χ2n) is 3.42. The smallest absolute Gasteiger partial charge is 0.426 e. The van der Waals surface area contributed by atoms with Crippen LogP contribution in [0.15, 0.2) is 22.8 Å². The SMILES string of the molecule is CCOC(=O)CC(OC(=O)c1ccco1)C(F)(F)F. The summed E-state index contributed by atoms with van der Waals surface area (Å²) in [7, 11) is 0. The van der Waals surface area contributed by atoms with E-state index < -0.39 is 30.6 Å². The summed E-state index contributed by atoms with van der Waals surface area (Å²) in [5, 5.41) is 0. The third-order valence-corrected chi connectivity index (χ3v) is 1.99. The zero-order valence-electron chi connectivity index (χ0n) is 9.90. The molecule has 106 valence electrons. The molecule has 0 saturated carbocycles. The quantitative estimate of drug-likeness (QED) is 0.774. The van der Waals surface area contributed by atoms with E-state index in [-0.39, 0.29) is 12.4 Å². The number of ether oxygens (including phenoxy) is 2. The van der Waals surface area contributed by atoms with E-state index in [0.29, 0.717) is 0 Å². The Kier molecular flexibility index (Phi) is 4.96. The highest BCUT2D eigenvalue weighted by molar-refractivity contribution is 5.86. The number of carbonyl (C=O) groups excluding carboxylic acids is 2. The first-order valence-corrected chi connectivity index (χ1v) is 5.31. The number of carbonyl (C=O) groups is 2. The number of rotatable bonds is 5. The molecule has 1 aromatic rings. The van der Waals surface area contributed by atoms with E-state index in [0.717, 1.165) is 12.3 Å². The van der Waals surface area contributed by atoms with Crippen LogP contribution in [0, 0.1) is 0 Å². The summed E-state index contributed by atoms with van der Waals surface area (Å²) in [5.74, 6) is -2.77. The maximum Gasteiger partial charge on any atom is 0.426 e. The number of hydrogen-bond donors (Lipinski definition) is 0. The monoisotopic (exact) mass is 280 g/mol. The molecule has 1 rings (SSSR count). The van der Waals surface area contributed by atoms with Gasteiger partial charge in [0, 0.05) is 0 Å². The van der Waals surface area contributed by atoms with Gasteiger partial charge in [0.05, 0.1) is 19.3 Å². The molecule has 0 N–H and O–H groups in total. The highest BCUT2D eigenvalue weighted by Gasteiger charge is 2.45. The van der Waals surface area contributed by atoms with Gasteiger partial charge in [-0.25, -0.2) is 4.79 Å². The fourth-order valence-corrected chi connectivity index (χ4v) is 1.18. The van der Waals surface area contributed by atoms with Gasteiger partial charge in [-0.05, 0) is 19.1 Å². The molecular formula is C11H11F3O5. The van der Waals surface area contributed by atoms with E-state index >= 15 is 0 Å². The maximum absolute atomic E-state index is 12.6. The standard InChI is InChI=1S/C11H11F3O5/c1-2-17-9(15)6-8(11(12,13)14)19-10(16)7-4-3-5-18-7/h3-5,8H,2,6H2,1H3. The van der Waals surface area contributed by atoms with Crippen LogP contribution in [0.1, 0.15) is 23.9 Å². The molecule has 1 atom stereocenters. The molecule has 0 aromatic carbocycles. The lowest BCUT2D eigenvalue weighted by Gasteiger charge is -2.19. The summed E-state index contributed by atoms with van der Waals surface area (Å²) in [4.78, 5) is 22.4. The van der Waals surface area contributed by atoms with Crippen molar-refractivity contribution in [3.8, 4) is 0 Å². The lowest BCUT2D eigenvalue weighted by Crippen LogP contribution is -2.36. The molecule has 0 saturated heterocycles. The highest BCUT2D eigenvalue weighted by Crippen LogP contribution is 2.26. The number of esters is 2. The predicted molar refractivity (Wildman–Crippen MR) is 55.2 cm³/mol. The molecule has 19 heavy (non-hydrogen) atoms. The second-order valence-corrected chi connectivity index (χ2v) is 3.42. The van der Waals surface area contributed by atoms with Crippen molar-refractivity contribution in [1.82, 2.24) is 0 Å². The van der Waals surface area contributed by atoms with E-state index in [1.807, 2.05) is 0 Å². The van der Waals surface area contributed by atoms with Crippen LogP contribution >= 0.6 is 0 Å². The first-order valence-electron chi connectivity index (χ1n) is 5.31. The Labute approximate surface area is 106 Å². The topological polar surface area (TPSA) is 65.7 Å². The Balaban J connectivity index is 2.70. The minimum atomic E-state index is -4.87. The van der Waals surface area contributed by atoms with Gasteiger partial charge in [-0.2, -0.15) is 13.2 Å². The molecule has 0 amide bonds. The summed E-state index contributed by atoms with van der Waals surface area (Å²) in [6.45, 7) is 1.39. The van der Waals surface area contributed by atoms with Gasteiger partial charge in [0.2, 0.25) is 11.9 Å². The normalized spacial score (nSPS) is 12.8. The van der Waals surface area contributed by atoms with E-state index in [4.69, 9.17) is 0 Å². The van der Waals surface area contributed by atoms with Crippen LogP contribution in [0.3, 0.4) is 0 Å². The Hall–Kier alpha value is -1.99. The van der Waals surface area contributed by atoms with E-state index in [9.17, 15) is 22.8 Å². The lowest BCUT2D eigenvalue weighted by molar-refractivity contribution is -0.210. The average Bonchev–Trinajstić information content (AvgIpc) is 2.80. The Bertz CT molecular complexity index is 424. The first-order chi connectivity index (χ1) is 8.84. The third-order valence-electron chi connectivity index (χ3n) is 1.99. The first kappa shape index (κ1) is 15.1. The maximum atomic E-state index is 12.6. The van der Waals surface area contributed by atoms with Gasteiger partial charge in [0.1, 0.15) is 0 Å². The van der Waals surface area contributed by atoms with E-state index in [2.05, 4.69) is 13.9 Å². The number of furan rings is 1. The fourth-order valence-electron chi connectivity index (χ4n) is 1.18. The van der Waals surface area contributed by atoms with Gasteiger partial charge in [-0.1, -0.05) is 0 Å². The van der Waals surface area contributed by atoms with Crippen LogP contribution in [0.5, 0.6) is 0 Å². The van der Waals surface area contributed by atoms with Crippen molar-refractivity contribution >= 4 is 11.9 Å². The minimum absolute atomic E-state index is 0.0600. The molecule has 0 aliphatic carbocycles. The van der Waals surface area contributed by atoms with Crippen molar-refractivity contribution in [3.05, 3.63) is 24.2 Å². The lowest BCUT2D eigenvalue weighted by atomic mass is 10.2.